The number of hydrogen-bond acceptors (Lipinski definition) is 1. The van der Waals surface area contributed by atoms with Crippen molar-refractivity contribution in [2.24, 2.45) is 0 Å². The standard InChI is InChI=1S/C20H23FN2/c1-22(2)12-5-6-16-9-10-20-17(14-16)11-13-23(20)15-18-7-3-4-8-19(18)21/h3-4,7-11,13-14H,5-6,12,15H2,1-2H3. The molecule has 120 valence electrons. The van der Waals surface area contributed by atoms with Gasteiger partial charge in [-0.15, -0.1) is 0 Å². The lowest BCUT2D eigenvalue weighted by Gasteiger charge is -2.10. The molecule has 2 nitrogen and oxygen atoms in total. The molecule has 0 aliphatic carbocycles. The zero-order valence-electron chi connectivity index (χ0n) is 13.8. The maximum absolute atomic E-state index is 13.8. The molecular weight excluding hydrogens is 287 g/mol. The van der Waals surface area contributed by atoms with Gasteiger partial charge in [0.05, 0.1) is 6.54 Å². The van der Waals surface area contributed by atoms with Gasteiger partial charge in [0, 0.05) is 17.3 Å². The molecule has 0 atom stereocenters. The SMILES string of the molecule is CN(C)CCCc1ccc2c(ccn2Cc2ccccc2F)c1. The second-order valence-electron chi connectivity index (χ2n) is 6.34. The zero-order chi connectivity index (χ0) is 16.2. The van der Waals surface area contributed by atoms with Crippen LogP contribution >= 0.6 is 0 Å². The number of aryl methyl sites for hydroxylation is 1. The van der Waals surface area contributed by atoms with E-state index in [9.17, 15) is 4.39 Å². The number of rotatable bonds is 6. The van der Waals surface area contributed by atoms with Gasteiger partial charge in [-0.2, -0.15) is 0 Å². The Kier molecular flexibility index (Phi) is 4.77. The average Bonchev–Trinajstić information content (AvgIpc) is 2.92. The first kappa shape index (κ1) is 15.8. The van der Waals surface area contributed by atoms with E-state index in [1.54, 1.807) is 6.07 Å². The summed E-state index contributed by atoms with van der Waals surface area (Å²) in [6.45, 7) is 1.67. The molecule has 0 aliphatic heterocycles. The first-order valence-electron chi connectivity index (χ1n) is 8.09. The van der Waals surface area contributed by atoms with Gasteiger partial charge in [0.15, 0.2) is 0 Å². The number of benzene rings is 2. The Morgan fingerprint density at radius 1 is 1.04 bits per heavy atom. The lowest BCUT2D eigenvalue weighted by Crippen LogP contribution is -2.13. The zero-order valence-corrected chi connectivity index (χ0v) is 13.8. The Labute approximate surface area is 137 Å². The molecule has 0 radical (unpaired) electrons. The lowest BCUT2D eigenvalue weighted by molar-refractivity contribution is 0.400. The van der Waals surface area contributed by atoms with Crippen LogP contribution in [-0.4, -0.2) is 30.1 Å². The number of halogens is 1. The highest BCUT2D eigenvalue weighted by atomic mass is 19.1. The van der Waals surface area contributed by atoms with Crippen LogP contribution in [0, 0.1) is 5.82 Å². The predicted octanol–water partition coefficient (Wildman–Crippen LogP) is 4.32. The van der Waals surface area contributed by atoms with Crippen LogP contribution in [0.2, 0.25) is 0 Å². The smallest absolute Gasteiger partial charge is 0.128 e. The molecule has 1 aromatic heterocycles. The molecule has 0 spiro atoms. The van der Waals surface area contributed by atoms with Crippen molar-refractivity contribution in [1.82, 2.24) is 9.47 Å². The minimum absolute atomic E-state index is 0.144. The fourth-order valence-corrected chi connectivity index (χ4v) is 2.95. The first-order chi connectivity index (χ1) is 11.1. The van der Waals surface area contributed by atoms with E-state index in [0.29, 0.717) is 6.54 Å². The molecule has 0 saturated carbocycles. The Hall–Kier alpha value is -2.13. The molecule has 0 fully saturated rings. The third-order valence-corrected chi connectivity index (χ3v) is 4.20. The lowest BCUT2D eigenvalue weighted by atomic mass is 10.1. The summed E-state index contributed by atoms with van der Waals surface area (Å²) in [4.78, 5) is 2.21. The summed E-state index contributed by atoms with van der Waals surface area (Å²) < 4.78 is 15.9. The highest BCUT2D eigenvalue weighted by Gasteiger charge is 2.06. The van der Waals surface area contributed by atoms with Crippen molar-refractivity contribution < 1.29 is 4.39 Å². The van der Waals surface area contributed by atoms with Gasteiger partial charge in [-0.3, -0.25) is 0 Å². The second kappa shape index (κ2) is 6.97. The average molecular weight is 310 g/mol. The normalized spacial score (nSPS) is 11.5. The summed E-state index contributed by atoms with van der Waals surface area (Å²) in [6.07, 6.45) is 4.29. The van der Waals surface area contributed by atoms with E-state index >= 15 is 0 Å². The fraction of sp³-hybridized carbons (Fsp3) is 0.300. The maximum atomic E-state index is 13.8. The highest BCUT2D eigenvalue weighted by Crippen LogP contribution is 2.20. The van der Waals surface area contributed by atoms with Gasteiger partial charge in [-0.05, 0) is 68.7 Å². The van der Waals surface area contributed by atoms with Crippen LogP contribution < -0.4 is 0 Å². The van der Waals surface area contributed by atoms with Crippen molar-refractivity contribution in [2.45, 2.75) is 19.4 Å². The van der Waals surface area contributed by atoms with Crippen molar-refractivity contribution in [3.05, 3.63) is 71.7 Å². The van der Waals surface area contributed by atoms with E-state index in [1.165, 1.54) is 17.0 Å². The minimum Gasteiger partial charge on any atom is -0.343 e. The van der Waals surface area contributed by atoms with Gasteiger partial charge in [0.2, 0.25) is 0 Å². The van der Waals surface area contributed by atoms with Gasteiger partial charge in [-0.1, -0.05) is 24.3 Å². The highest BCUT2D eigenvalue weighted by molar-refractivity contribution is 5.81. The third-order valence-electron chi connectivity index (χ3n) is 4.20. The van der Waals surface area contributed by atoms with E-state index in [-0.39, 0.29) is 5.82 Å². The van der Waals surface area contributed by atoms with Crippen molar-refractivity contribution >= 4 is 10.9 Å². The summed E-state index contributed by atoms with van der Waals surface area (Å²) in [6, 6.07) is 15.7. The van der Waals surface area contributed by atoms with Crippen LogP contribution in [0.1, 0.15) is 17.5 Å². The van der Waals surface area contributed by atoms with Crippen LogP contribution in [0.25, 0.3) is 10.9 Å². The monoisotopic (exact) mass is 310 g/mol. The number of aromatic nitrogens is 1. The Balaban J connectivity index is 1.77. The van der Waals surface area contributed by atoms with Crippen molar-refractivity contribution in [3.63, 3.8) is 0 Å². The predicted molar refractivity (Wildman–Crippen MR) is 94.3 cm³/mol. The van der Waals surface area contributed by atoms with Gasteiger partial charge >= 0.3 is 0 Å². The quantitative estimate of drug-likeness (QED) is 0.658. The molecule has 23 heavy (non-hydrogen) atoms. The Bertz CT molecular complexity index is 789. The van der Waals surface area contributed by atoms with E-state index in [0.717, 1.165) is 30.5 Å². The Morgan fingerprint density at radius 2 is 1.87 bits per heavy atom. The van der Waals surface area contributed by atoms with E-state index in [1.807, 2.05) is 18.3 Å². The molecule has 3 rings (SSSR count). The number of hydrogen-bond donors (Lipinski definition) is 0. The molecule has 0 aliphatic rings. The first-order valence-corrected chi connectivity index (χ1v) is 8.09. The number of nitrogens with zero attached hydrogens (tertiary/aromatic N) is 2. The molecule has 0 unspecified atom stereocenters. The molecule has 3 aromatic rings. The molecule has 3 heteroatoms. The maximum Gasteiger partial charge on any atom is 0.128 e. The summed E-state index contributed by atoms with van der Waals surface area (Å²) >= 11 is 0. The second-order valence-corrected chi connectivity index (χ2v) is 6.34. The minimum atomic E-state index is -0.144. The fourth-order valence-electron chi connectivity index (χ4n) is 2.95. The molecule has 0 saturated heterocycles. The third kappa shape index (κ3) is 3.80. The van der Waals surface area contributed by atoms with Crippen LogP contribution in [0.5, 0.6) is 0 Å². The van der Waals surface area contributed by atoms with Gasteiger partial charge in [0.1, 0.15) is 5.82 Å². The molecule has 1 heterocycles. The molecule has 2 aromatic carbocycles. The van der Waals surface area contributed by atoms with E-state index < -0.39 is 0 Å². The molecule has 0 bridgehead atoms. The van der Waals surface area contributed by atoms with Gasteiger partial charge in [-0.25, -0.2) is 4.39 Å². The summed E-state index contributed by atoms with van der Waals surface area (Å²) in [7, 11) is 4.21. The van der Waals surface area contributed by atoms with Crippen LogP contribution in [0.3, 0.4) is 0 Å². The van der Waals surface area contributed by atoms with Crippen molar-refractivity contribution in [1.29, 1.82) is 0 Å². The molecule has 0 N–H and O–H groups in total. The van der Waals surface area contributed by atoms with Crippen LogP contribution in [0.15, 0.2) is 54.7 Å². The van der Waals surface area contributed by atoms with Crippen molar-refractivity contribution in [3.8, 4) is 0 Å². The van der Waals surface area contributed by atoms with Gasteiger partial charge < -0.3 is 9.47 Å². The summed E-state index contributed by atoms with van der Waals surface area (Å²) in [5.74, 6) is -0.144. The summed E-state index contributed by atoms with van der Waals surface area (Å²) in [5, 5.41) is 1.23. The largest absolute Gasteiger partial charge is 0.343 e. The van der Waals surface area contributed by atoms with Gasteiger partial charge in [0.25, 0.3) is 0 Å². The topological polar surface area (TPSA) is 8.17 Å². The van der Waals surface area contributed by atoms with Crippen LogP contribution in [0.4, 0.5) is 4.39 Å². The Morgan fingerprint density at radius 3 is 2.65 bits per heavy atom. The molecule has 0 amide bonds. The molecular formula is C20H23FN2. The van der Waals surface area contributed by atoms with Crippen LogP contribution in [-0.2, 0) is 13.0 Å². The van der Waals surface area contributed by atoms with E-state index in [2.05, 4.69) is 47.8 Å². The number of fused-ring (bicyclic) bond motifs is 1. The summed E-state index contributed by atoms with van der Waals surface area (Å²) in [5.41, 5.74) is 3.24. The van der Waals surface area contributed by atoms with E-state index in [4.69, 9.17) is 0 Å². The van der Waals surface area contributed by atoms with Crippen molar-refractivity contribution in [2.75, 3.05) is 20.6 Å².